The molecule has 0 amide bonds. The van der Waals surface area contributed by atoms with Crippen molar-refractivity contribution < 1.29 is 4.39 Å². The minimum absolute atomic E-state index is 0.304. The Morgan fingerprint density at radius 1 is 1.27 bits per heavy atom. The zero-order valence-electron chi connectivity index (χ0n) is 7.74. The van der Waals surface area contributed by atoms with Crippen LogP contribution in [0.1, 0.15) is 0 Å². The summed E-state index contributed by atoms with van der Waals surface area (Å²) in [5.41, 5.74) is 7.61. The van der Waals surface area contributed by atoms with Crippen molar-refractivity contribution in [3.63, 3.8) is 0 Å². The molecule has 1 aromatic heterocycles. The second-order valence-electron chi connectivity index (χ2n) is 3.10. The van der Waals surface area contributed by atoms with Crippen LogP contribution in [0, 0.1) is 5.82 Å². The second-order valence-corrected chi connectivity index (χ2v) is 3.49. The van der Waals surface area contributed by atoms with E-state index >= 15 is 0 Å². The van der Waals surface area contributed by atoms with E-state index in [1.807, 2.05) is 0 Å². The van der Waals surface area contributed by atoms with E-state index in [0.717, 1.165) is 0 Å². The minimum Gasteiger partial charge on any atom is -0.398 e. The van der Waals surface area contributed by atoms with Crippen molar-refractivity contribution in [2.24, 2.45) is 0 Å². The molecule has 2 aromatic rings. The lowest BCUT2D eigenvalue weighted by Crippen LogP contribution is -1.92. The van der Waals surface area contributed by atoms with E-state index in [1.54, 1.807) is 18.2 Å². The van der Waals surface area contributed by atoms with E-state index in [9.17, 15) is 4.39 Å². The number of nitrogens with zero attached hydrogens (tertiary/aromatic N) is 1. The maximum Gasteiger partial charge on any atom is 0.131 e. The number of hydrogen-bond acceptors (Lipinski definition) is 2. The summed E-state index contributed by atoms with van der Waals surface area (Å²) in [6.07, 6.45) is 1.53. The topological polar surface area (TPSA) is 38.9 Å². The van der Waals surface area contributed by atoms with Gasteiger partial charge >= 0.3 is 0 Å². The average molecular weight is 223 g/mol. The number of halogens is 2. The second kappa shape index (κ2) is 3.87. The van der Waals surface area contributed by atoms with Gasteiger partial charge < -0.3 is 5.73 Å². The van der Waals surface area contributed by atoms with Crippen molar-refractivity contribution in [1.82, 2.24) is 4.98 Å². The Balaban J connectivity index is 2.54. The molecule has 0 spiro atoms. The zero-order valence-corrected chi connectivity index (χ0v) is 8.50. The van der Waals surface area contributed by atoms with Gasteiger partial charge in [-0.2, -0.15) is 0 Å². The van der Waals surface area contributed by atoms with Crippen LogP contribution in [0.25, 0.3) is 11.1 Å². The Bertz CT molecular complexity index is 500. The highest BCUT2D eigenvalue weighted by Gasteiger charge is 2.04. The summed E-state index contributed by atoms with van der Waals surface area (Å²) in [6.45, 7) is 0. The molecule has 0 bridgehead atoms. The van der Waals surface area contributed by atoms with Gasteiger partial charge in [-0.15, -0.1) is 0 Å². The zero-order chi connectivity index (χ0) is 10.8. The predicted molar refractivity (Wildman–Crippen MR) is 59.1 cm³/mol. The third kappa shape index (κ3) is 2.07. The summed E-state index contributed by atoms with van der Waals surface area (Å²) >= 11 is 5.67. The SMILES string of the molecule is Nc1cc(Cl)ncc1-c1cccc(F)c1. The molecular formula is C11H8ClFN2. The Labute approximate surface area is 91.5 Å². The Kier molecular flexibility index (Phi) is 2.56. The summed E-state index contributed by atoms with van der Waals surface area (Å²) < 4.78 is 13.0. The lowest BCUT2D eigenvalue weighted by atomic mass is 10.1. The Hall–Kier alpha value is -1.61. The number of hydrogen-bond donors (Lipinski definition) is 1. The molecular weight excluding hydrogens is 215 g/mol. The first-order chi connectivity index (χ1) is 7.16. The Morgan fingerprint density at radius 3 is 2.73 bits per heavy atom. The summed E-state index contributed by atoms with van der Waals surface area (Å²) in [5, 5.41) is 0.327. The van der Waals surface area contributed by atoms with Crippen molar-refractivity contribution in [2.45, 2.75) is 0 Å². The number of aromatic nitrogens is 1. The first-order valence-corrected chi connectivity index (χ1v) is 4.71. The van der Waals surface area contributed by atoms with E-state index in [2.05, 4.69) is 4.98 Å². The monoisotopic (exact) mass is 222 g/mol. The normalized spacial score (nSPS) is 10.3. The molecule has 0 radical (unpaired) electrons. The van der Waals surface area contributed by atoms with Crippen LogP contribution in [0.15, 0.2) is 36.5 Å². The number of anilines is 1. The average Bonchev–Trinajstić information content (AvgIpc) is 2.17. The van der Waals surface area contributed by atoms with E-state index < -0.39 is 0 Å². The van der Waals surface area contributed by atoms with Crippen LogP contribution in [0.3, 0.4) is 0 Å². The first-order valence-electron chi connectivity index (χ1n) is 4.34. The van der Waals surface area contributed by atoms with Crippen LogP contribution in [0.4, 0.5) is 10.1 Å². The van der Waals surface area contributed by atoms with Gasteiger partial charge in [-0.3, -0.25) is 0 Å². The van der Waals surface area contributed by atoms with Crippen LogP contribution < -0.4 is 5.73 Å². The Morgan fingerprint density at radius 2 is 2.07 bits per heavy atom. The molecule has 15 heavy (non-hydrogen) atoms. The van der Waals surface area contributed by atoms with Gasteiger partial charge in [0.1, 0.15) is 11.0 Å². The van der Waals surface area contributed by atoms with Gasteiger partial charge in [0.05, 0.1) is 0 Å². The highest BCUT2D eigenvalue weighted by atomic mass is 35.5. The van der Waals surface area contributed by atoms with E-state index in [1.165, 1.54) is 18.3 Å². The molecule has 2 nitrogen and oxygen atoms in total. The summed E-state index contributed by atoms with van der Waals surface area (Å²) in [4.78, 5) is 3.91. The predicted octanol–water partition coefficient (Wildman–Crippen LogP) is 3.12. The van der Waals surface area contributed by atoms with Gasteiger partial charge in [-0.1, -0.05) is 23.7 Å². The third-order valence-corrected chi connectivity index (χ3v) is 2.24. The molecule has 0 unspecified atom stereocenters. The molecule has 0 aliphatic carbocycles. The van der Waals surface area contributed by atoms with Gasteiger partial charge in [0.25, 0.3) is 0 Å². The van der Waals surface area contributed by atoms with Crippen molar-refractivity contribution in [3.8, 4) is 11.1 Å². The summed E-state index contributed by atoms with van der Waals surface area (Å²) in [7, 11) is 0. The third-order valence-electron chi connectivity index (χ3n) is 2.04. The highest BCUT2D eigenvalue weighted by Crippen LogP contribution is 2.26. The van der Waals surface area contributed by atoms with Crippen LogP contribution >= 0.6 is 11.6 Å². The van der Waals surface area contributed by atoms with Crippen LogP contribution in [0.2, 0.25) is 5.15 Å². The van der Waals surface area contributed by atoms with Crippen molar-refractivity contribution in [3.05, 3.63) is 47.5 Å². The van der Waals surface area contributed by atoms with Crippen LogP contribution in [-0.2, 0) is 0 Å². The quantitative estimate of drug-likeness (QED) is 0.753. The van der Waals surface area contributed by atoms with Crippen molar-refractivity contribution in [1.29, 1.82) is 0 Å². The molecule has 0 fully saturated rings. The van der Waals surface area contributed by atoms with E-state index in [4.69, 9.17) is 17.3 Å². The number of nitrogens with two attached hydrogens (primary N) is 1. The number of rotatable bonds is 1. The van der Waals surface area contributed by atoms with E-state index in [0.29, 0.717) is 22.0 Å². The smallest absolute Gasteiger partial charge is 0.131 e. The molecule has 2 N–H and O–H groups in total. The number of benzene rings is 1. The van der Waals surface area contributed by atoms with Gasteiger partial charge in [-0.05, 0) is 23.8 Å². The van der Waals surface area contributed by atoms with Gasteiger partial charge in [0.2, 0.25) is 0 Å². The number of pyridine rings is 1. The fourth-order valence-electron chi connectivity index (χ4n) is 1.34. The molecule has 76 valence electrons. The first kappa shape index (κ1) is 9.93. The molecule has 0 atom stereocenters. The molecule has 1 aromatic carbocycles. The lowest BCUT2D eigenvalue weighted by molar-refractivity contribution is 0.628. The van der Waals surface area contributed by atoms with Crippen molar-refractivity contribution >= 4 is 17.3 Å². The molecule has 0 aliphatic heterocycles. The fourth-order valence-corrected chi connectivity index (χ4v) is 1.51. The van der Waals surface area contributed by atoms with Gasteiger partial charge in [-0.25, -0.2) is 9.37 Å². The maximum absolute atomic E-state index is 13.0. The summed E-state index contributed by atoms with van der Waals surface area (Å²) in [6, 6.07) is 7.72. The molecule has 0 saturated carbocycles. The minimum atomic E-state index is -0.304. The lowest BCUT2D eigenvalue weighted by Gasteiger charge is -2.05. The number of nitrogen functional groups attached to an aromatic ring is 1. The molecule has 0 aliphatic rings. The molecule has 0 saturated heterocycles. The van der Waals surface area contributed by atoms with Crippen LogP contribution in [0.5, 0.6) is 0 Å². The molecule has 2 rings (SSSR count). The summed E-state index contributed by atoms with van der Waals surface area (Å²) in [5.74, 6) is -0.304. The van der Waals surface area contributed by atoms with Crippen molar-refractivity contribution in [2.75, 3.05) is 5.73 Å². The largest absolute Gasteiger partial charge is 0.398 e. The highest BCUT2D eigenvalue weighted by molar-refractivity contribution is 6.29. The molecule has 4 heteroatoms. The maximum atomic E-state index is 13.0. The standard InChI is InChI=1S/C11H8ClFN2/c12-11-5-10(14)9(6-15-11)7-2-1-3-8(13)4-7/h1-6H,(H2,14,15). The van der Waals surface area contributed by atoms with Crippen LogP contribution in [-0.4, -0.2) is 4.98 Å². The van der Waals surface area contributed by atoms with E-state index in [-0.39, 0.29) is 5.82 Å². The molecule has 1 heterocycles. The van der Waals surface area contributed by atoms with Gasteiger partial charge in [0.15, 0.2) is 0 Å². The van der Waals surface area contributed by atoms with Gasteiger partial charge in [0, 0.05) is 17.4 Å². The fraction of sp³-hybridized carbons (Fsp3) is 0.